The van der Waals surface area contributed by atoms with E-state index in [0.29, 0.717) is 18.0 Å². The molecule has 1 aliphatic heterocycles. The lowest BCUT2D eigenvalue weighted by Gasteiger charge is -2.18. The number of dihydropyridines is 1. The van der Waals surface area contributed by atoms with Gasteiger partial charge in [-0.3, -0.25) is 14.8 Å². The Labute approximate surface area is 131 Å². The van der Waals surface area contributed by atoms with E-state index in [1.54, 1.807) is 6.08 Å². The molecule has 116 valence electrons. The molecule has 2 aromatic rings. The molecule has 1 N–H and O–H groups in total. The van der Waals surface area contributed by atoms with E-state index in [1.165, 1.54) is 37.2 Å². The predicted molar refractivity (Wildman–Crippen MR) is 79.6 cm³/mol. The molecule has 1 amide bonds. The highest BCUT2D eigenvalue weighted by atomic mass is 19.1. The molecular formula is C15H12FN5O2. The van der Waals surface area contributed by atoms with Crippen molar-refractivity contribution in [3.8, 4) is 5.75 Å². The number of hydrogen-bond acceptors (Lipinski definition) is 6. The summed E-state index contributed by atoms with van der Waals surface area (Å²) in [6, 6.07) is 2.23. The van der Waals surface area contributed by atoms with Crippen LogP contribution in [-0.2, 0) is 0 Å². The second-order valence-corrected chi connectivity index (χ2v) is 4.66. The number of hydrogen-bond donors (Lipinski definition) is 1. The van der Waals surface area contributed by atoms with Gasteiger partial charge in [-0.25, -0.2) is 14.4 Å². The number of aliphatic imine (C=N–C) groups is 1. The molecule has 2 aromatic heterocycles. The smallest absolute Gasteiger partial charge is 0.274 e. The summed E-state index contributed by atoms with van der Waals surface area (Å²) in [6.45, 7) is 0.409. The molecule has 1 atom stereocenters. The van der Waals surface area contributed by atoms with E-state index in [2.05, 4.69) is 25.3 Å². The largest absolute Gasteiger partial charge is 0.481 e. The molecule has 0 aliphatic carbocycles. The van der Waals surface area contributed by atoms with Crippen molar-refractivity contribution in [3.63, 3.8) is 0 Å². The Kier molecular flexibility index (Phi) is 4.32. The molecule has 1 aliphatic rings. The van der Waals surface area contributed by atoms with Crippen molar-refractivity contribution in [2.24, 2.45) is 4.99 Å². The molecule has 7 nitrogen and oxygen atoms in total. The summed E-state index contributed by atoms with van der Waals surface area (Å²) in [5.74, 6) is -0.545. The molecule has 3 heterocycles. The van der Waals surface area contributed by atoms with E-state index in [1.807, 2.05) is 0 Å². The van der Waals surface area contributed by atoms with Crippen LogP contribution in [0.5, 0.6) is 5.75 Å². The van der Waals surface area contributed by atoms with E-state index >= 15 is 0 Å². The summed E-state index contributed by atoms with van der Waals surface area (Å²) >= 11 is 0. The molecule has 8 heteroatoms. The van der Waals surface area contributed by atoms with Gasteiger partial charge in [0.05, 0.1) is 24.6 Å². The summed E-state index contributed by atoms with van der Waals surface area (Å²) in [7, 11) is 0. The van der Waals surface area contributed by atoms with E-state index in [4.69, 9.17) is 4.74 Å². The van der Waals surface area contributed by atoms with Crippen LogP contribution in [0.2, 0.25) is 0 Å². The van der Waals surface area contributed by atoms with Crippen molar-refractivity contribution >= 4 is 12.1 Å². The number of halogens is 1. The summed E-state index contributed by atoms with van der Waals surface area (Å²) < 4.78 is 18.8. The van der Waals surface area contributed by atoms with Gasteiger partial charge < -0.3 is 10.1 Å². The molecule has 3 rings (SSSR count). The Bertz CT molecular complexity index is 763. The van der Waals surface area contributed by atoms with Crippen molar-refractivity contribution in [1.82, 2.24) is 20.3 Å². The van der Waals surface area contributed by atoms with Crippen molar-refractivity contribution < 1.29 is 13.9 Å². The van der Waals surface area contributed by atoms with Crippen LogP contribution in [-0.4, -0.2) is 39.7 Å². The Morgan fingerprint density at radius 2 is 2.17 bits per heavy atom. The van der Waals surface area contributed by atoms with E-state index in [9.17, 15) is 9.18 Å². The van der Waals surface area contributed by atoms with Gasteiger partial charge in [-0.2, -0.15) is 0 Å². The number of rotatable bonds is 4. The Morgan fingerprint density at radius 3 is 2.96 bits per heavy atom. The molecule has 0 saturated carbocycles. The molecule has 23 heavy (non-hydrogen) atoms. The summed E-state index contributed by atoms with van der Waals surface area (Å²) in [5.41, 5.74) is 0.438. The normalized spacial score (nSPS) is 16.6. The molecule has 0 saturated heterocycles. The van der Waals surface area contributed by atoms with Gasteiger partial charge in [0.15, 0.2) is 5.75 Å². The van der Waals surface area contributed by atoms with Gasteiger partial charge in [-0.15, -0.1) is 0 Å². The highest BCUT2D eigenvalue weighted by molar-refractivity contribution is 5.97. The standard InChI is InChI=1S/C15H12FN5O2/c16-10-1-2-20-14(3-10)15(22)21-11-4-12(6-17-5-11)23-13-7-18-9-19-8-13/h1-5,7-9,12H,6H2,(H,21,22). The van der Waals surface area contributed by atoms with Crippen LogP contribution < -0.4 is 10.1 Å². The number of amides is 1. The third kappa shape index (κ3) is 3.94. The maximum absolute atomic E-state index is 13.1. The minimum absolute atomic E-state index is 0.0150. The number of carbonyl (C=O) groups is 1. The van der Waals surface area contributed by atoms with Crippen molar-refractivity contribution in [2.75, 3.05) is 6.54 Å². The minimum atomic E-state index is -0.526. The highest BCUT2D eigenvalue weighted by Gasteiger charge is 2.15. The van der Waals surface area contributed by atoms with Gasteiger partial charge >= 0.3 is 0 Å². The maximum atomic E-state index is 13.1. The zero-order valence-electron chi connectivity index (χ0n) is 11.9. The van der Waals surface area contributed by atoms with E-state index < -0.39 is 11.7 Å². The third-order valence-corrected chi connectivity index (χ3v) is 2.92. The molecule has 0 aromatic carbocycles. The van der Waals surface area contributed by atoms with E-state index in [0.717, 1.165) is 6.07 Å². The van der Waals surface area contributed by atoms with Crippen LogP contribution in [0.25, 0.3) is 0 Å². The van der Waals surface area contributed by atoms with Crippen LogP contribution in [0, 0.1) is 5.82 Å². The summed E-state index contributed by atoms with van der Waals surface area (Å²) in [4.78, 5) is 27.7. The first-order chi connectivity index (χ1) is 11.2. The van der Waals surface area contributed by atoms with Crippen molar-refractivity contribution in [2.45, 2.75) is 6.10 Å². The first kappa shape index (κ1) is 14.8. The van der Waals surface area contributed by atoms with Crippen molar-refractivity contribution in [3.05, 3.63) is 60.3 Å². The van der Waals surface area contributed by atoms with Gasteiger partial charge in [-0.1, -0.05) is 0 Å². The first-order valence-corrected chi connectivity index (χ1v) is 6.77. The fourth-order valence-corrected chi connectivity index (χ4v) is 1.94. The van der Waals surface area contributed by atoms with Crippen LogP contribution in [0.4, 0.5) is 4.39 Å². The quantitative estimate of drug-likeness (QED) is 0.915. The lowest BCUT2D eigenvalue weighted by molar-refractivity contribution is 0.0962. The number of aromatic nitrogens is 3. The van der Waals surface area contributed by atoms with Crippen LogP contribution in [0.1, 0.15) is 10.5 Å². The molecule has 0 bridgehead atoms. The summed E-state index contributed by atoms with van der Waals surface area (Å²) in [5, 5.41) is 2.61. The zero-order chi connectivity index (χ0) is 16.1. The summed E-state index contributed by atoms with van der Waals surface area (Å²) in [6.07, 6.45) is 8.56. The van der Waals surface area contributed by atoms with Gasteiger partial charge in [-0.05, 0) is 12.1 Å². The molecule has 0 radical (unpaired) electrons. The van der Waals surface area contributed by atoms with Gasteiger partial charge in [0, 0.05) is 18.5 Å². The zero-order valence-corrected chi connectivity index (χ0v) is 11.9. The SMILES string of the molecule is O=C(NC1=CC(Oc2cncnc2)CN=C1)c1cc(F)ccn1. The number of pyridine rings is 1. The topological polar surface area (TPSA) is 89.4 Å². The number of ether oxygens (including phenoxy) is 1. The number of nitrogens with zero attached hydrogens (tertiary/aromatic N) is 4. The Morgan fingerprint density at radius 1 is 1.35 bits per heavy atom. The van der Waals surface area contributed by atoms with Gasteiger partial charge in [0.1, 0.15) is 23.9 Å². The van der Waals surface area contributed by atoms with Gasteiger partial charge in [0.2, 0.25) is 0 Å². The Hall–Kier alpha value is -3.16. The van der Waals surface area contributed by atoms with Crippen LogP contribution >= 0.6 is 0 Å². The van der Waals surface area contributed by atoms with Crippen LogP contribution in [0.3, 0.4) is 0 Å². The lowest BCUT2D eigenvalue weighted by atomic mass is 10.2. The fraction of sp³-hybridized carbons (Fsp3) is 0.133. The maximum Gasteiger partial charge on any atom is 0.274 e. The van der Waals surface area contributed by atoms with Crippen molar-refractivity contribution in [1.29, 1.82) is 0 Å². The highest BCUT2D eigenvalue weighted by Crippen LogP contribution is 2.12. The molecular weight excluding hydrogens is 301 g/mol. The third-order valence-electron chi connectivity index (χ3n) is 2.92. The monoisotopic (exact) mass is 313 g/mol. The number of nitrogens with one attached hydrogen (secondary N) is 1. The average Bonchev–Trinajstić information content (AvgIpc) is 2.56. The Balaban J connectivity index is 1.67. The first-order valence-electron chi connectivity index (χ1n) is 6.77. The van der Waals surface area contributed by atoms with E-state index in [-0.39, 0.29) is 11.8 Å². The second-order valence-electron chi connectivity index (χ2n) is 4.66. The lowest BCUT2D eigenvalue weighted by Crippen LogP contribution is -2.30. The average molecular weight is 313 g/mol. The predicted octanol–water partition coefficient (Wildman–Crippen LogP) is 1.16. The molecule has 0 spiro atoms. The number of allylic oxidation sites excluding steroid dienone is 1. The minimum Gasteiger partial charge on any atom is -0.481 e. The number of carbonyl (C=O) groups excluding carboxylic acids is 1. The molecule has 1 unspecified atom stereocenters. The molecule has 0 fully saturated rings. The fourth-order valence-electron chi connectivity index (χ4n) is 1.94. The van der Waals surface area contributed by atoms with Gasteiger partial charge in [0.25, 0.3) is 5.91 Å². The van der Waals surface area contributed by atoms with Crippen LogP contribution in [0.15, 0.2) is 53.8 Å². The second kappa shape index (κ2) is 6.73.